The van der Waals surface area contributed by atoms with E-state index in [-0.39, 0.29) is 6.10 Å². The van der Waals surface area contributed by atoms with E-state index in [1.54, 1.807) is 12.5 Å². The highest BCUT2D eigenvalue weighted by molar-refractivity contribution is 5.87. The molecule has 0 saturated carbocycles. The van der Waals surface area contributed by atoms with Crippen LogP contribution in [0.25, 0.3) is 0 Å². The number of rotatable bonds is 5. The molecule has 1 atom stereocenters. The van der Waals surface area contributed by atoms with Crippen LogP contribution in [-0.4, -0.2) is 11.8 Å². The van der Waals surface area contributed by atoms with Crippen LogP contribution in [0.1, 0.15) is 46.0 Å². The molecule has 1 aliphatic heterocycles. The van der Waals surface area contributed by atoms with Crippen molar-refractivity contribution in [1.29, 1.82) is 0 Å². The van der Waals surface area contributed by atoms with Crippen LogP contribution in [0.5, 0.6) is 0 Å². The molecule has 0 spiro atoms. The van der Waals surface area contributed by atoms with Crippen molar-refractivity contribution < 1.29 is 4.74 Å². The van der Waals surface area contributed by atoms with Gasteiger partial charge in [0.1, 0.15) is 12.4 Å². The number of unbranched alkanes of at least 4 members (excludes halogenated alkanes) is 3. The Balaban J connectivity index is 2.15. The molecule has 0 bridgehead atoms. The molecular weight excluding hydrogens is 162 g/mol. The van der Waals surface area contributed by atoms with Crippen molar-refractivity contribution >= 4 is 5.71 Å². The van der Waals surface area contributed by atoms with Crippen LogP contribution in [0, 0.1) is 0 Å². The molecule has 1 rings (SSSR count). The third-order valence-electron chi connectivity index (χ3n) is 2.37. The van der Waals surface area contributed by atoms with Crippen LogP contribution >= 0.6 is 0 Å². The van der Waals surface area contributed by atoms with Crippen molar-refractivity contribution in [2.75, 3.05) is 0 Å². The molecule has 0 aromatic rings. The van der Waals surface area contributed by atoms with Crippen LogP contribution in [0.3, 0.4) is 0 Å². The zero-order valence-electron chi connectivity index (χ0n) is 8.62. The van der Waals surface area contributed by atoms with Gasteiger partial charge in [-0.25, -0.2) is 0 Å². The molecule has 0 saturated heterocycles. The van der Waals surface area contributed by atoms with Crippen LogP contribution in [-0.2, 0) is 4.74 Å². The number of aliphatic imine (C=N–C) groups is 1. The van der Waals surface area contributed by atoms with Gasteiger partial charge in [-0.05, 0) is 19.8 Å². The first-order valence-corrected chi connectivity index (χ1v) is 5.19. The Morgan fingerprint density at radius 2 is 2.23 bits per heavy atom. The minimum Gasteiger partial charge on any atom is -0.490 e. The first-order chi connectivity index (χ1) is 6.34. The fraction of sp³-hybridized carbons (Fsp3) is 0.727. The van der Waals surface area contributed by atoms with Gasteiger partial charge in [-0.1, -0.05) is 26.2 Å². The minimum absolute atomic E-state index is 0.238. The molecule has 2 nitrogen and oxygen atoms in total. The predicted molar refractivity (Wildman–Crippen MR) is 55.9 cm³/mol. The van der Waals surface area contributed by atoms with Crippen molar-refractivity contribution in [2.45, 2.75) is 52.1 Å². The van der Waals surface area contributed by atoms with Crippen molar-refractivity contribution in [3.05, 3.63) is 12.5 Å². The van der Waals surface area contributed by atoms with E-state index in [1.807, 2.05) is 6.92 Å². The second-order valence-electron chi connectivity index (χ2n) is 3.53. The van der Waals surface area contributed by atoms with Crippen molar-refractivity contribution in [3.8, 4) is 0 Å². The molecule has 13 heavy (non-hydrogen) atoms. The van der Waals surface area contributed by atoms with Gasteiger partial charge in [0, 0.05) is 0 Å². The SMILES string of the molecule is CCCCCCC1OC=CN=C1C. The third kappa shape index (κ3) is 3.62. The maximum absolute atomic E-state index is 5.46. The van der Waals surface area contributed by atoms with Gasteiger partial charge < -0.3 is 4.74 Å². The summed E-state index contributed by atoms with van der Waals surface area (Å²) in [4.78, 5) is 4.22. The highest BCUT2D eigenvalue weighted by Gasteiger charge is 2.13. The summed E-state index contributed by atoms with van der Waals surface area (Å²) in [5, 5.41) is 0. The van der Waals surface area contributed by atoms with Crippen molar-refractivity contribution in [1.82, 2.24) is 0 Å². The summed E-state index contributed by atoms with van der Waals surface area (Å²) < 4.78 is 5.46. The van der Waals surface area contributed by atoms with Crippen LogP contribution in [0.4, 0.5) is 0 Å². The van der Waals surface area contributed by atoms with E-state index in [4.69, 9.17) is 4.74 Å². The van der Waals surface area contributed by atoms with E-state index in [2.05, 4.69) is 11.9 Å². The summed E-state index contributed by atoms with van der Waals surface area (Å²) in [6, 6.07) is 0. The maximum Gasteiger partial charge on any atom is 0.136 e. The molecule has 0 aliphatic carbocycles. The van der Waals surface area contributed by atoms with Crippen LogP contribution in [0.2, 0.25) is 0 Å². The zero-order valence-corrected chi connectivity index (χ0v) is 8.62. The molecule has 2 heteroatoms. The highest BCUT2D eigenvalue weighted by atomic mass is 16.5. The Bertz CT molecular complexity index is 196. The van der Waals surface area contributed by atoms with Gasteiger partial charge in [-0.2, -0.15) is 0 Å². The Labute approximate surface area is 80.7 Å². The van der Waals surface area contributed by atoms with E-state index in [9.17, 15) is 0 Å². The normalized spacial score (nSPS) is 21.1. The maximum atomic E-state index is 5.46. The van der Waals surface area contributed by atoms with E-state index in [0.717, 1.165) is 12.1 Å². The van der Waals surface area contributed by atoms with Gasteiger partial charge in [-0.15, -0.1) is 0 Å². The summed E-state index contributed by atoms with van der Waals surface area (Å²) in [5.74, 6) is 0. The fourth-order valence-corrected chi connectivity index (χ4v) is 1.49. The molecule has 74 valence electrons. The van der Waals surface area contributed by atoms with E-state index >= 15 is 0 Å². The van der Waals surface area contributed by atoms with E-state index < -0.39 is 0 Å². The molecule has 0 amide bonds. The standard InChI is InChI=1S/C11H19NO/c1-3-4-5-6-7-11-10(2)12-8-9-13-11/h8-9,11H,3-7H2,1-2H3. The highest BCUT2D eigenvalue weighted by Crippen LogP contribution is 2.12. The van der Waals surface area contributed by atoms with Gasteiger partial charge >= 0.3 is 0 Å². The average molecular weight is 181 g/mol. The number of hydrogen-bond acceptors (Lipinski definition) is 2. The molecule has 1 heterocycles. The smallest absolute Gasteiger partial charge is 0.136 e. The summed E-state index contributed by atoms with van der Waals surface area (Å²) >= 11 is 0. The molecule has 0 aromatic heterocycles. The molecular formula is C11H19NO. The lowest BCUT2D eigenvalue weighted by Gasteiger charge is -2.18. The molecule has 0 N–H and O–H groups in total. The van der Waals surface area contributed by atoms with Crippen LogP contribution in [0.15, 0.2) is 17.5 Å². The van der Waals surface area contributed by atoms with Gasteiger partial charge in [0.05, 0.1) is 11.9 Å². The second-order valence-corrected chi connectivity index (χ2v) is 3.53. The van der Waals surface area contributed by atoms with Gasteiger partial charge in [0.15, 0.2) is 0 Å². The minimum atomic E-state index is 0.238. The van der Waals surface area contributed by atoms with E-state index in [1.165, 1.54) is 25.7 Å². The molecule has 0 radical (unpaired) electrons. The van der Waals surface area contributed by atoms with Gasteiger partial charge in [0.25, 0.3) is 0 Å². The summed E-state index contributed by atoms with van der Waals surface area (Å²) in [6.07, 6.45) is 9.95. The van der Waals surface area contributed by atoms with Crippen molar-refractivity contribution in [2.24, 2.45) is 4.99 Å². The molecule has 1 unspecified atom stereocenters. The quantitative estimate of drug-likeness (QED) is 0.596. The lowest BCUT2D eigenvalue weighted by Crippen LogP contribution is -2.21. The zero-order chi connectivity index (χ0) is 9.52. The number of hydrogen-bond donors (Lipinski definition) is 0. The lowest BCUT2D eigenvalue weighted by atomic mass is 10.1. The van der Waals surface area contributed by atoms with Crippen molar-refractivity contribution in [3.63, 3.8) is 0 Å². The van der Waals surface area contributed by atoms with Crippen LogP contribution < -0.4 is 0 Å². The van der Waals surface area contributed by atoms with Gasteiger partial charge in [-0.3, -0.25) is 4.99 Å². The molecule has 0 aromatic carbocycles. The molecule has 1 aliphatic rings. The Morgan fingerprint density at radius 3 is 2.92 bits per heavy atom. The molecule has 0 fully saturated rings. The Kier molecular flexibility index (Phi) is 4.58. The second kappa shape index (κ2) is 5.79. The predicted octanol–water partition coefficient (Wildman–Crippen LogP) is 3.29. The number of nitrogens with zero attached hydrogens (tertiary/aromatic N) is 1. The monoisotopic (exact) mass is 181 g/mol. The summed E-state index contributed by atoms with van der Waals surface area (Å²) in [7, 11) is 0. The lowest BCUT2D eigenvalue weighted by molar-refractivity contribution is 0.185. The fourth-order valence-electron chi connectivity index (χ4n) is 1.49. The summed E-state index contributed by atoms with van der Waals surface area (Å²) in [6.45, 7) is 4.26. The first kappa shape index (κ1) is 10.3. The van der Waals surface area contributed by atoms with E-state index in [0.29, 0.717) is 0 Å². The average Bonchev–Trinajstić information content (AvgIpc) is 2.15. The number of ether oxygens (including phenoxy) is 1. The first-order valence-electron chi connectivity index (χ1n) is 5.19. The third-order valence-corrected chi connectivity index (χ3v) is 2.37. The van der Waals surface area contributed by atoms with Gasteiger partial charge in [0.2, 0.25) is 0 Å². The Hall–Kier alpha value is -0.790. The Morgan fingerprint density at radius 1 is 1.38 bits per heavy atom. The largest absolute Gasteiger partial charge is 0.490 e. The summed E-state index contributed by atoms with van der Waals surface area (Å²) in [5.41, 5.74) is 1.11. The topological polar surface area (TPSA) is 21.6 Å².